The van der Waals surface area contributed by atoms with Gasteiger partial charge in [0.05, 0.1) is 28.7 Å². The van der Waals surface area contributed by atoms with Crippen molar-refractivity contribution < 1.29 is 27.5 Å². The predicted octanol–water partition coefficient (Wildman–Crippen LogP) is 2.60. The van der Waals surface area contributed by atoms with Crippen molar-refractivity contribution in [2.75, 3.05) is 26.3 Å². The third-order valence-corrected chi connectivity index (χ3v) is 8.08. The van der Waals surface area contributed by atoms with Gasteiger partial charge in [-0.05, 0) is 43.9 Å². The van der Waals surface area contributed by atoms with E-state index in [1.54, 1.807) is 0 Å². The average Bonchev–Trinajstić information content (AvgIpc) is 2.76. The van der Waals surface area contributed by atoms with E-state index in [1.807, 2.05) is 0 Å². The molecular weight excluding hydrogens is 444 g/mol. The highest BCUT2D eigenvalue weighted by molar-refractivity contribution is 7.89. The lowest BCUT2D eigenvalue weighted by Gasteiger charge is -2.30. The fourth-order valence-electron chi connectivity index (χ4n) is 3.87. The second kappa shape index (κ2) is 10.3. The summed E-state index contributed by atoms with van der Waals surface area (Å²) in [6, 6.07) is 3.96. The summed E-state index contributed by atoms with van der Waals surface area (Å²) in [5.74, 6) is -0.846. The lowest BCUT2D eigenvalue weighted by molar-refractivity contribution is -0.130. The zero-order valence-corrected chi connectivity index (χ0v) is 19.4. The fraction of sp³-hybridized carbons (Fsp3) is 0.619. The number of halogens is 1. The molecule has 8 nitrogen and oxygen atoms in total. The van der Waals surface area contributed by atoms with Gasteiger partial charge in [0, 0.05) is 19.1 Å². The van der Waals surface area contributed by atoms with Crippen molar-refractivity contribution >= 4 is 33.5 Å². The lowest BCUT2D eigenvalue weighted by Crippen LogP contribution is -2.46. The second-order valence-electron chi connectivity index (χ2n) is 8.08. The SMILES string of the molecule is C[C@H](OC(=O)c1cc(S(=O)(=O)N2CCOCC2)ccc1Cl)C(=O)N[C@@H]1CCCC[C@H]1C. The molecule has 1 aromatic rings. The van der Waals surface area contributed by atoms with E-state index in [0.29, 0.717) is 19.1 Å². The normalized spacial score (nSPS) is 23.7. The molecule has 1 heterocycles. The van der Waals surface area contributed by atoms with E-state index in [2.05, 4.69) is 12.2 Å². The molecule has 2 aliphatic rings. The summed E-state index contributed by atoms with van der Waals surface area (Å²) in [4.78, 5) is 25.1. The number of nitrogens with zero attached hydrogens (tertiary/aromatic N) is 1. The van der Waals surface area contributed by atoms with Crippen molar-refractivity contribution in [3.8, 4) is 0 Å². The van der Waals surface area contributed by atoms with Crippen LogP contribution in [0, 0.1) is 5.92 Å². The van der Waals surface area contributed by atoms with Gasteiger partial charge in [-0.2, -0.15) is 4.31 Å². The molecule has 1 N–H and O–H groups in total. The standard InChI is InChI=1S/C21H29ClN2O6S/c1-14-5-3-4-6-19(14)23-20(25)15(2)30-21(26)17-13-16(7-8-18(17)22)31(27,28)24-9-11-29-12-10-24/h7-8,13-15,19H,3-6,9-12H2,1-2H3,(H,23,25)/t14-,15+,19-/m1/s1. The van der Waals surface area contributed by atoms with Crippen LogP contribution in [0.1, 0.15) is 49.9 Å². The van der Waals surface area contributed by atoms with Crippen LogP contribution >= 0.6 is 11.6 Å². The first-order valence-electron chi connectivity index (χ1n) is 10.6. The number of carbonyl (C=O) groups is 2. The van der Waals surface area contributed by atoms with Gasteiger partial charge >= 0.3 is 5.97 Å². The first-order valence-corrected chi connectivity index (χ1v) is 12.4. The maximum atomic E-state index is 12.9. The number of nitrogens with one attached hydrogen (secondary N) is 1. The van der Waals surface area contributed by atoms with E-state index in [0.717, 1.165) is 25.7 Å². The Labute approximate surface area is 188 Å². The van der Waals surface area contributed by atoms with E-state index >= 15 is 0 Å². The number of amides is 1. The summed E-state index contributed by atoms with van der Waals surface area (Å²) >= 11 is 6.13. The summed E-state index contributed by atoms with van der Waals surface area (Å²) in [6.07, 6.45) is 3.14. The first-order chi connectivity index (χ1) is 14.7. The highest BCUT2D eigenvalue weighted by atomic mass is 35.5. The summed E-state index contributed by atoms with van der Waals surface area (Å²) in [5, 5.41) is 3.01. The molecule has 1 saturated heterocycles. The molecule has 0 unspecified atom stereocenters. The van der Waals surface area contributed by atoms with Crippen molar-refractivity contribution in [2.24, 2.45) is 5.92 Å². The minimum atomic E-state index is -3.80. The molecule has 0 bridgehead atoms. The van der Waals surface area contributed by atoms with Crippen LogP contribution in [0.2, 0.25) is 5.02 Å². The number of morpholine rings is 1. The van der Waals surface area contributed by atoms with Gasteiger partial charge in [0.1, 0.15) is 0 Å². The molecule has 2 fully saturated rings. The maximum absolute atomic E-state index is 12.9. The molecule has 3 rings (SSSR count). The highest BCUT2D eigenvalue weighted by Crippen LogP contribution is 2.26. The molecule has 1 amide bonds. The van der Waals surface area contributed by atoms with Crippen molar-refractivity contribution in [1.82, 2.24) is 9.62 Å². The molecule has 0 spiro atoms. The zero-order valence-electron chi connectivity index (χ0n) is 17.8. The van der Waals surface area contributed by atoms with Crippen molar-refractivity contribution in [3.63, 3.8) is 0 Å². The Morgan fingerprint density at radius 3 is 2.58 bits per heavy atom. The number of hydrogen-bond donors (Lipinski definition) is 1. The Kier molecular flexibility index (Phi) is 7.96. The largest absolute Gasteiger partial charge is 0.449 e. The molecule has 10 heteroatoms. The van der Waals surface area contributed by atoms with Gasteiger partial charge in [-0.15, -0.1) is 0 Å². The smallest absolute Gasteiger partial charge is 0.340 e. The van der Waals surface area contributed by atoms with Gasteiger partial charge in [-0.1, -0.05) is 31.4 Å². The number of hydrogen-bond acceptors (Lipinski definition) is 6. The summed E-state index contributed by atoms with van der Waals surface area (Å²) < 4.78 is 37.5. The Morgan fingerprint density at radius 1 is 1.23 bits per heavy atom. The third kappa shape index (κ3) is 5.77. The van der Waals surface area contributed by atoms with Crippen LogP contribution < -0.4 is 5.32 Å². The first kappa shape index (κ1) is 24.0. The molecule has 0 radical (unpaired) electrons. The quantitative estimate of drug-likeness (QED) is 0.638. The predicted molar refractivity (Wildman–Crippen MR) is 115 cm³/mol. The molecule has 1 aliphatic heterocycles. The van der Waals surface area contributed by atoms with Crippen molar-refractivity contribution in [3.05, 3.63) is 28.8 Å². The monoisotopic (exact) mass is 472 g/mol. The lowest BCUT2D eigenvalue weighted by atomic mass is 9.86. The van der Waals surface area contributed by atoms with Crippen LogP contribution in [0.5, 0.6) is 0 Å². The van der Waals surface area contributed by atoms with Gasteiger partial charge in [0.2, 0.25) is 10.0 Å². The molecule has 1 aromatic carbocycles. The minimum Gasteiger partial charge on any atom is -0.449 e. The number of benzene rings is 1. The molecular formula is C21H29ClN2O6S. The van der Waals surface area contributed by atoms with Crippen molar-refractivity contribution in [1.29, 1.82) is 0 Å². The third-order valence-electron chi connectivity index (χ3n) is 5.86. The van der Waals surface area contributed by atoms with E-state index in [1.165, 1.54) is 29.4 Å². The van der Waals surface area contributed by atoms with Crippen LogP contribution in [0.15, 0.2) is 23.1 Å². The van der Waals surface area contributed by atoms with Gasteiger partial charge in [-0.3, -0.25) is 4.79 Å². The Bertz CT molecular complexity index is 916. The minimum absolute atomic E-state index is 0.0550. The maximum Gasteiger partial charge on any atom is 0.340 e. The Balaban J connectivity index is 1.69. The van der Waals surface area contributed by atoms with E-state index in [4.69, 9.17) is 21.1 Å². The Hall–Kier alpha value is -1.68. The van der Waals surface area contributed by atoms with Gasteiger partial charge in [0.15, 0.2) is 6.10 Å². The number of esters is 1. The molecule has 1 saturated carbocycles. The fourth-order valence-corrected chi connectivity index (χ4v) is 5.50. The molecule has 3 atom stereocenters. The summed E-state index contributed by atoms with van der Waals surface area (Å²) in [5.41, 5.74) is -0.0957. The van der Waals surface area contributed by atoms with E-state index in [9.17, 15) is 18.0 Å². The molecule has 0 aromatic heterocycles. The highest BCUT2D eigenvalue weighted by Gasteiger charge is 2.30. The molecule has 31 heavy (non-hydrogen) atoms. The van der Waals surface area contributed by atoms with E-state index < -0.39 is 22.1 Å². The number of sulfonamides is 1. The topological polar surface area (TPSA) is 102 Å². The van der Waals surface area contributed by atoms with Crippen LogP contribution in [0.3, 0.4) is 0 Å². The van der Waals surface area contributed by atoms with Gasteiger partial charge in [0.25, 0.3) is 5.91 Å². The molecule has 172 valence electrons. The number of carbonyl (C=O) groups excluding carboxylic acids is 2. The second-order valence-corrected chi connectivity index (χ2v) is 10.4. The average molecular weight is 473 g/mol. The van der Waals surface area contributed by atoms with Crippen LogP contribution in [0.4, 0.5) is 0 Å². The van der Waals surface area contributed by atoms with Crippen LogP contribution in [0.25, 0.3) is 0 Å². The van der Waals surface area contributed by atoms with Crippen LogP contribution in [-0.2, 0) is 24.3 Å². The van der Waals surface area contributed by atoms with Crippen LogP contribution in [-0.4, -0.2) is 63.0 Å². The zero-order chi connectivity index (χ0) is 22.6. The number of rotatable bonds is 6. The number of ether oxygens (including phenoxy) is 2. The van der Waals surface area contributed by atoms with Gasteiger partial charge in [-0.25, -0.2) is 13.2 Å². The Morgan fingerprint density at radius 2 is 1.90 bits per heavy atom. The summed E-state index contributed by atoms with van der Waals surface area (Å²) in [7, 11) is -3.80. The molecule has 1 aliphatic carbocycles. The van der Waals surface area contributed by atoms with E-state index in [-0.39, 0.29) is 40.5 Å². The van der Waals surface area contributed by atoms with Gasteiger partial charge < -0.3 is 14.8 Å². The van der Waals surface area contributed by atoms with Crippen molar-refractivity contribution in [2.45, 2.75) is 56.6 Å². The summed E-state index contributed by atoms with van der Waals surface area (Å²) in [6.45, 7) is 4.69.